The van der Waals surface area contributed by atoms with Crippen LogP contribution < -0.4 is 10.6 Å². The fourth-order valence-corrected chi connectivity index (χ4v) is 2.39. The van der Waals surface area contributed by atoms with Crippen molar-refractivity contribution in [2.75, 3.05) is 13.2 Å². The maximum atomic E-state index is 11.8. The molecule has 0 saturated carbocycles. The first-order valence-corrected chi connectivity index (χ1v) is 6.93. The molecule has 0 aromatic heterocycles. The number of halogens is 1. The molecule has 6 nitrogen and oxygen atoms in total. The van der Waals surface area contributed by atoms with Crippen LogP contribution in [0, 0.1) is 0 Å². The third-order valence-corrected chi connectivity index (χ3v) is 3.95. The number of carbonyl (C=O) groups excluding carboxylic acids is 1. The number of hydrogen-bond acceptors (Lipinski definition) is 3. The SMILES string of the molecule is O=C(NCc1ccccc1Br)NC1(C(=O)O)CCOC1. The van der Waals surface area contributed by atoms with Crippen LogP contribution in [0.5, 0.6) is 0 Å². The Labute approximate surface area is 124 Å². The molecule has 0 bridgehead atoms. The zero-order valence-corrected chi connectivity index (χ0v) is 12.3. The van der Waals surface area contributed by atoms with Crippen LogP contribution in [0.2, 0.25) is 0 Å². The molecular formula is C13H15BrN2O4. The molecule has 1 aromatic rings. The van der Waals surface area contributed by atoms with Crippen molar-refractivity contribution in [3.05, 3.63) is 34.3 Å². The highest BCUT2D eigenvalue weighted by atomic mass is 79.9. The Morgan fingerprint density at radius 2 is 2.15 bits per heavy atom. The molecule has 0 radical (unpaired) electrons. The number of aliphatic carboxylic acids is 1. The van der Waals surface area contributed by atoms with Crippen molar-refractivity contribution in [3.8, 4) is 0 Å². The van der Waals surface area contributed by atoms with Gasteiger partial charge in [0.05, 0.1) is 6.61 Å². The Balaban J connectivity index is 1.92. The first kappa shape index (κ1) is 14.8. The van der Waals surface area contributed by atoms with Gasteiger partial charge in [-0.15, -0.1) is 0 Å². The molecular weight excluding hydrogens is 328 g/mol. The van der Waals surface area contributed by atoms with E-state index in [0.717, 1.165) is 10.0 Å². The lowest BCUT2D eigenvalue weighted by molar-refractivity contribution is -0.144. The molecule has 0 aliphatic carbocycles. The molecule has 1 heterocycles. The monoisotopic (exact) mass is 342 g/mol. The quantitative estimate of drug-likeness (QED) is 0.773. The molecule has 1 aliphatic rings. The first-order valence-electron chi connectivity index (χ1n) is 6.14. The summed E-state index contributed by atoms with van der Waals surface area (Å²) in [4.78, 5) is 23.1. The number of rotatable bonds is 4. The largest absolute Gasteiger partial charge is 0.479 e. The standard InChI is InChI=1S/C13H15BrN2O4/c14-10-4-2-1-3-9(10)7-15-12(19)16-13(11(17)18)5-6-20-8-13/h1-4H,5-8H2,(H,17,18)(H2,15,16,19). The second kappa shape index (κ2) is 6.23. The Morgan fingerprint density at radius 1 is 1.40 bits per heavy atom. The highest BCUT2D eigenvalue weighted by Gasteiger charge is 2.43. The predicted molar refractivity (Wildman–Crippen MR) is 75.3 cm³/mol. The Hall–Kier alpha value is -1.60. The van der Waals surface area contributed by atoms with E-state index < -0.39 is 17.5 Å². The molecule has 108 valence electrons. The highest BCUT2D eigenvalue weighted by molar-refractivity contribution is 9.10. The van der Waals surface area contributed by atoms with Crippen LogP contribution in [0.1, 0.15) is 12.0 Å². The van der Waals surface area contributed by atoms with Crippen LogP contribution in [0.15, 0.2) is 28.7 Å². The van der Waals surface area contributed by atoms with Gasteiger partial charge in [-0.25, -0.2) is 9.59 Å². The Morgan fingerprint density at radius 3 is 2.75 bits per heavy atom. The van der Waals surface area contributed by atoms with Gasteiger partial charge in [0.2, 0.25) is 0 Å². The topological polar surface area (TPSA) is 87.7 Å². The molecule has 2 rings (SSSR count). The van der Waals surface area contributed by atoms with Crippen molar-refractivity contribution < 1.29 is 19.4 Å². The van der Waals surface area contributed by atoms with E-state index in [-0.39, 0.29) is 13.0 Å². The summed E-state index contributed by atoms with van der Waals surface area (Å²) in [6, 6.07) is 6.97. The van der Waals surface area contributed by atoms with E-state index in [1.54, 1.807) is 0 Å². The Kier molecular flexibility index (Phi) is 4.61. The molecule has 1 aliphatic heterocycles. The molecule has 1 saturated heterocycles. The third kappa shape index (κ3) is 3.29. The fraction of sp³-hybridized carbons (Fsp3) is 0.385. The molecule has 2 amide bonds. The number of ether oxygens (including phenoxy) is 1. The van der Waals surface area contributed by atoms with Crippen molar-refractivity contribution in [1.29, 1.82) is 0 Å². The molecule has 3 N–H and O–H groups in total. The smallest absolute Gasteiger partial charge is 0.332 e. The highest BCUT2D eigenvalue weighted by Crippen LogP contribution is 2.19. The Bertz CT molecular complexity index is 515. The van der Waals surface area contributed by atoms with E-state index in [1.165, 1.54) is 0 Å². The molecule has 1 unspecified atom stereocenters. The lowest BCUT2D eigenvalue weighted by atomic mass is 9.99. The van der Waals surface area contributed by atoms with Crippen molar-refractivity contribution in [2.45, 2.75) is 18.5 Å². The summed E-state index contributed by atoms with van der Waals surface area (Å²) in [6.07, 6.45) is 0.269. The number of carbonyl (C=O) groups is 2. The third-order valence-electron chi connectivity index (χ3n) is 3.18. The van der Waals surface area contributed by atoms with E-state index >= 15 is 0 Å². The van der Waals surface area contributed by atoms with Gasteiger partial charge >= 0.3 is 12.0 Å². The minimum atomic E-state index is -1.32. The van der Waals surface area contributed by atoms with Crippen LogP contribution in [-0.2, 0) is 16.1 Å². The normalized spacial score (nSPS) is 21.4. The van der Waals surface area contributed by atoms with Crippen LogP contribution in [0.4, 0.5) is 4.79 Å². The van der Waals surface area contributed by atoms with Gasteiger partial charge in [-0.3, -0.25) is 0 Å². The van der Waals surface area contributed by atoms with Crippen LogP contribution in [0.25, 0.3) is 0 Å². The van der Waals surface area contributed by atoms with Gasteiger partial charge < -0.3 is 20.5 Å². The molecule has 0 spiro atoms. The maximum absolute atomic E-state index is 11.8. The van der Waals surface area contributed by atoms with E-state index in [9.17, 15) is 14.7 Å². The van der Waals surface area contributed by atoms with Crippen molar-refractivity contribution in [2.24, 2.45) is 0 Å². The number of nitrogens with one attached hydrogen (secondary N) is 2. The van der Waals surface area contributed by atoms with Gasteiger partial charge in [-0.1, -0.05) is 34.1 Å². The van der Waals surface area contributed by atoms with Crippen LogP contribution in [0.3, 0.4) is 0 Å². The second-order valence-corrected chi connectivity index (χ2v) is 5.44. The summed E-state index contributed by atoms with van der Waals surface area (Å²) in [5, 5.41) is 14.4. The number of benzene rings is 1. The molecule has 7 heteroatoms. The molecule has 1 atom stereocenters. The summed E-state index contributed by atoms with van der Waals surface area (Å²) in [7, 11) is 0. The summed E-state index contributed by atoms with van der Waals surface area (Å²) in [5.41, 5.74) is -0.410. The average Bonchev–Trinajstić information content (AvgIpc) is 2.88. The molecule has 1 fully saturated rings. The fourth-order valence-electron chi connectivity index (χ4n) is 1.96. The molecule has 1 aromatic carbocycles. The van der Waals surface area contributed by atoms with Gasteiger partial charge in [0.25, 0.3) is 0 Å². The summed E-state index contributed by atoms with van der Waals surface area (Å²) < 4.78 is 5.96. The number of amides is 2. The van der Waals surface area contributed by atoms with Gasteiger partial charge in [-0.05, 0) is 11.6 Å². The van der Waals surface area contributed by atoms with Crippen molar-refractivity contribution in [3.63, 3.8) is 0 Å². The van der Waals surface area contributed by atoms with E-state index in [1.807, 2.05) is 24.3 Å². The van der Waals surface area contributed by atoms with Crippen LogP contribution >= 0.6 is 15.9 Å². The van der Waals surface area contributed by atoms with Crippen molar-refractivity contribution >= 4 is 27.9 Å². The van der Waals surface area contributed by atoms with E-state index in [4.69, 9.17) is 4.74 Å². The number of hydrogen-bond donors (Lipinski definition) is 3. The van der Waals surface area contributed by atoms with E-state index in [0.29, 0.717) is 13.2 Å². The lowest BCUT2D eigenvalue weighted by Crippen LogP contribution is -2.57. The van der Waals surface area contributed by atoms with E-state index in [2.05, 4.69) is 26.6 Å². The maximum Gasteiger partial charge on any atom is 0.332 e. The van der Waals surface area contributed by atoms with Crippen molar-refractivity contribution in [1.82, 2.24) is 10.6 Å². The lowest BCUT2D eigenvalue weighted by Gasteiger charge is -2.23. The summed E-state index contributed by atoms with van der Waals surface area (Å²) >= 11 is 3.38. The number of carboxylic acids is 1. The second-order valence-electron chi connectivity index (χ2n) is 4.59. The predicted octanol–water partition coefficient (Wildman–Crippen LogP) is 1.49. The minimum Gasteiger partial charge on any atom is -0.479 e. The van der Waals surface area contributed by atoms with Crippen LogP contribution in [-0.4, -0.2) is 35.9 Å². The number of carboxylic acid groups (broad SMARTS) is 1. The average molecular weight is 343 g/mol. The molecule has 20 heavy (non-hydrogen) atoms. The summed E-state index contributed by atoms with van der Waals surface area (Å²) in [6.45, 7) is 0.630. The number of urea groups is 1. The van der Waals surface area contributed by atoms with Gasteiger partial charge in [0.1, 0.15) is 0 Å². The zero-order valence-electron chi connectivity index (χ0n) is 10.7. The van der Waals surface area contributed by atoms with Gasteiger partial charge in [0.15, 0.2) is 5.54 Å². The minimum absolute atomic E-state index is 0.00914. The van der Waals surface area contributed by atoms with Gasteiger partial charge in [-0.2, -0.15) is 0 Å². The zero-order chi connectivity index (χ0) is 14.6. The summed E-state index contributed by atoms with van der Waals surface area (Å²) in [5.74, 6) is -1.08. The first-order chi connectivity index (χ1) is 9.53. The van der Waals surface area contributed by atoms with Gasteiger partial charge in [0, 0.05) is 24.0 Å².